The molecule has 1 radical (unpaired) electrons. The van der Waals surface area contributed by atoms with Crippen molar-refractivity contribution in [1.82, 2.24) is 0 Å². The Balaban J connectivity index is 0. The van der Waals surface area contributed by atoms with E-state index in [0.717, 1.165) is 107 Å². The summed E-state index contributed by atoms with van der Waals surface area (Å²) < 4.78 is 0. The van der Waals surface area contributed by atoms with Gasteiger partial charge in [0.25, 0.3) is 0 Å². The molecule has 2 aliphatic carbocycles. The van der Waals surface area contributed by atoms with E-state index < -0.39 is 0 Å². The van der Waals surface area contributed by atoms with Gasteiger partial charge in [0.05, 0.1) is 0 Å². The molecule has 67 heavy (non-hydrogen) atoms. The number of carbonyl (C=O) groups is 6. The topological polar surface area (TPSA) is 102 Å². The lowest BCUT2D eigenvalue weighted by Crippen LogP contribution is -2.15. The normalized spacial score (nSPS) is 16.3. The van der Waals surface area contributed by atoms with Gasteiger partial charge >= 0.3 is 0 Å². The first-order chi connectivity index (χ1) is 32.1. The Morgan fingerprint density at radius 1 is 0.627 bits per heavy atom. The molecule has 0 aromatic heterocycles. The van der Waals surface area contributed by atoms with Crippen molar-refractivity contribution in [2.24, 2.45) is 23.7 Å². The second kappa shape index (κ2) is 32.4. The number of terminal acetylenes is 1. The minimum atomic E-state index is -0.206. The van der Waals surface area contributed by atoms with Crippen LogP contribution in [0.1, 0.15) is 176 Å². The molecule has 2 fully saturated rings. The van der Waals surface area contributed by atoms with Gasteiger partial charge in [0, 0.05) is 53.6 Å². The molecular formula is C61H87O6. The molecule has 5 atom stereocenters. The van der Waals surface area contributed by atoms with Crippen LogP contribution in [0.4, 0.5) is 0 Å². The monoisotopic (exact) mass is 916 g/mol. The van der Waals surface area contributed by atoms with Crippen LogP contribution in [-0.2, 0) is 54.5 Å². The van der Waals surface area contributed by atoms with Crippen LogP contribution < -0.4 is 0 Å². The van der Waals surface area contributed by atoms with Gasteiger partial charge in [-0.25, -0.2) is 0 Å². The summed E-state index contributed by atoms with van der Waals surface area (Å²) in [6.07, 6.45) is 21.1. The zero-order valence-electron chi connectivity index (χ0n) is 42.0. The molecule has 2 saturated carbocycles. The summed E-state index contributed by atoms with van der Waals surface area (Å²) in [5.74, 6) is 3.50. The molecule has 0 aliphatic heterocycles. The predicted octanol–water partition coefficient (Wildman–Crippen LogP) is 14.5. The van der Waals surface area contributed by atoms with Gasteiger partial charge in [-0.3, -0.25) is 24.0 Å². The van der Waals surface area contributed by atoms with Crippen LogP contribution in [0.15, 0.2) is 103 Å². The highest BCUT2D eigenvalue weighted by Gasteiger charge is 2.27. The Morgan fingerprint density at radius 2 is 1.12 bits per heavy atom. The van der Waals surface area contributed by atoms with Gasteiger partial charge in [-0.1, -0.05) is 144 Å². The molecule has 6 nitrogen and oxygen atoms in total. The van der Waals surface area contributed by atoms with E-state index in [-0.39, 0.29) is 51.1 Å². The van der Waals surface area contributed by atoms with Crippen molar-refractivity contribution in [3.8, 4) is 12.3 Å². The highest BCUT2D eigenvalue weighted by molar-refractivity contribution is 5.95. The molecule has 0 spiro atoms. The molecule has 3 aromatic rings. The highest BCUT2D eigenvalue weighted by atomic mass is 16.1. The number of aryl methyl sites for hydroxylation is 2. The molecule has 3 aromatic carbocycles. The zero-order valence-corrected chi connectivity index (χ0v) is 42.0. The molecule has 367 valence electrons. The van der Waals surface area contributed by atoms with Gasteiger partial charge in [0.2, 0.25) is 5.78 Å². The maximum atomic E-state index is 12.8. The third-order valence-electron chi connectivity index (χ3n) is 13.2. The van der Waals surface area contributed by atoms with Crippen molar-refractivity contribution in [3.63, 3.8) is 0 Å². The van der Waals surface area contributed by atoms with Gasteiger partial charge in [0.1, 0.15) is 28.9 Å². The second-order valence-electron chi connectivity index (χ2n) is 18.5. The zero-order chi connectivity index (χ0) is 49.7. The second-order valence-corrected chi connectivity index (χ2v) is 18.5. The van der Waals surface area contributed by atoms with Gasteiger partial charge in [-0.15, -0.1) is 6.42 Å². The largest absolute Gasteiger partial charge is 0.300 e. The summed E-state index contributed by atoms with van der Waals surface area (Å²) in [4.78, 5) is 68.8. The van der Waals surface area contributed by atoms with Crippen molar-refractivity contribution >= 4 is 34.7 Å². The van der Waals surface area contributed by atoms with Crippen molar-refractivity contribution in [3.05, 3.63) is 138 Å². The number of carbonyl (C=O) groups excluding carboxylic acids is 6. The van der Waals surface area contributed by atoms with Crippen molar-refractivity contribution in [2.75, 3.05) is 0 Å². The summed E-state index contributed by atoms with van der Waals surface area (Å²) in [6.45, 7) is 21.9. The van der Waals surface area contributed by atoms with E-state index in [2.05, 4.69) is 105 Å². The molecule has 0 amide bonds. The molecule has 1 unspecified atom stereocenters. The molecule has 6 heteroatoms. The first-order valence-electron chi connectivity index (χ1n) is 25.0. The fourth-order valence-electron chi connectivity index (χ4n) is 9.19. The van der Waals surface area contributed by atoms with Crippen molar-refractivity contribution in [1.29, 1.82) is 0 Å². The number of allylic oxidation sites excluding steroid dienone is 2. The maximum absolute atomic E-state index is 12.8. The Kier molecular flexibility index (Phi) is 28.0. The lowest BCUT2D eigenvalue weighted by Gasteiger charge is -2.18. The van der Waals surface area contributed by atoms with Crippen molar-refractivity contribution < 1.29 is 33.0 Å². The summed E-state index contributed by atoms with van der Waals surface area (Å²) in [7, 11) is 0. The summed E-state index contributed by atoms with van der Waals surface area (Å²) in [5.41, 5.74) is 8.61. The number of hydrogen-bond acceptors (Lipinski definition) is 6. The highest BCUT2D eigenvalue weighted by Crippen LogP contribution is 2.33. The number of Topliss-reactive ketones (excluding diaryl/α,β-unsaturated/α-hetero) is 6. The van der Waals surface area contributed by atoms with E-state index in [1.165, 1.54) is 29.2 Å². The van der Waals surface area contributed by atoms with Crippen LogP contribution in [0.5, 0.6) is 0 Å². The first kappa shape index (κ1) is 57.8. The molecular weight excluding hydrogens is 829 g/mol. The van der Waals surface area contributed by atoms with Gasteiger partial charge in [-0.05, 0) is 144 Å². The van der Waals surface area contributed by atoms with Crippen molar-refractivity contribution in [2.45, 2.75) is 169 Å². The number of rotatable bonds is 24. The van der Waals surface area contributed by atoms with E-state index in [9.17, 15) is 28.8 Å². The average molecular weight is 916 g/mol. The van der Waals surface area contributed by atoms with E-state index in [1.807, 2.05) is 13.8 Å². The van der Waals surface area contributed by atoms with Crippen LogP contribution in [-0.4, -0.2) is 34.7 Å². The molecule has 2 aliphatic rings. The molecule has 0 bridgehead atoms. The van der Waals surface area contributed by atoms with E-state index >= 15 is 0 Å². The van der Waals surface area contributed by atoms with E-state index in [1.54, 1.807) is 20.8 Å². The quantitative estimate of drug-likeness (QED) is 0.0504. The fourth-order valence-corrected chi connectivity index (χ4v) is 9.19. The van der Waals surface area contributed by atoms with Crippen LogP contribution >= 0.6 is 0 Å². The third kappa shape index (κ3) is 21.9. The van der Waals surface area contributed by atoms with Crippen LogP contribution in [0, 0.1) is 42.9 Å². The lowest BCUT2D eigenvalue weighted by molar-refractivity contribution is -0.126. The Bertz CT molecular complexity index is 2080. The summed E-state index contributed by atoms with van der Waals surface area (Å²) >= 11 is 0. The van der Waals surface area contributed by atoms with E-state index in [0.29, 0.717) is 49.6 Å². The van der Waals surface area contributed by atoms with Gasteiger partial charge in [-0.2, -0.15) is 0 Å². The van der Waals surface area contributed by atoms with Crippen LogP contribution in [0.25, 0.3) is 0 Å². The fraction of sp³-hybridized carbons (Fsp3) is 0.492. The Hall–Kier alpha value is -5.28. The standard InChI is InChI=1S/C39H44O2.C11H16O2.C9H16O2.C2H5.3H2/c1-28-8-6-12-36(28)38(40)25-23-31-16-14-30(15-17-31)22-24-35(34-10-4-3-5-11-34)26-32-18-20-33(21-19-32)27-39(41)37-13-7-9-29(37)2;1-4-6-10(9(3)12)7-8-11(13)5-2;1-4-5-9(8(3)11)6-7(2)10;1-2;;;/h3-5,10-11,14-21,35-37H,1-2,6-9,12-13,22-27H2;2,10H,4,6-8H2,1,3H3;9H,4-6H2,1-3H3;1H2,2H3;3*1H/t35?,36-,37-;10-;9-;;;;/m111..../s1. The smallest absolute Gasteiger partial charge is 0.205 e. The summed E-state index contributed by atoms with van der Waals surface area (Å²) in [6, 6.07) is 28.4. The molecule has 0 saturated heterocycles. The number of ketones is 6. The number of hydrogen-bond donors (Lipinski definition) is 0. The molecule has 0 heterocycles. The SMILES string of the molecule is C#CC(=O)CC[C@@H](CCC)C(C)=O.C=C1CCC[C@H]1C(=O)CCc1ccc(CCC(Cc2ccc(CC(=O)[C@@H]3CCCC3=C)cc2)c2ccccc2)cc1.CCC[C@H](CC(C)=O)C(C)=O.[CH2]C.[HH].[HH].[HH]. The number of benzene rings is 3. The van der Waals surface area contributed by atoms with Crippen LogP contribution in [0.2, 0.25) is 0 Å². The first-order valence-corrected chi connectivity index (χ1v) is 25.0. The van der Waals surface area contributed by atoms with E-state index in [4.69, 9.17) is 6.42 Å². The van der Waals surface area contributed by atoms with Crippen LogP contribution in [0.3, 0.4) is 0 Å². The summed E-state index contributed by atoms with van der Waals surface area (Å²) in [5, 5.41) is 0. The third-order valence-corrected chi connectivity index (χ3v) is 13.2. The Labute approximate surface area is 409 Å². The Morgan fingerprint density at radius 3 is 1.60 bits per heavy atom. The molecule has 5 rings (SSSR count). The van der Waals surface area contributed by atoms with Gasteiger partial charge in [0.15, 0.2) is 0 Å². The lowest BCUT2D eigenvalue weighted by atomic mass is 9.86. The average Bonchev–Trinajstić information content (AvgIpc) is 3.97. The minimum Gasteiger partial charge on any atom is -0.300 e. The van der Waals surface area contributed by atoms with Gasteiger partial charge < -0.3 is 4.79 Å². The minimum absolute atomic E-state index is 0. The predicted molar refractivity (Wildman–Crippen MR) is 283 cm³/mol. The maximum Gasteiger partial charge on any atom is 0.205 e. The molecule has 0 N–H and O–H groups in total.